The van der Waals surface area contributed by atoms with E-state index in [0.29, 0.717) is 0 Å². The van der Waals surface area contributed by atoms with Gasteiger partial charge >= 0.3 is 0 Å². The predicted octanol–water partition coefficient (Wildman–Crippen LogP) is 4.19. The largest absolute Gasteiger partial charge is 0.280 e. The first-order valence-electron chi connectivity index (χ1n) is 5.35. The van der Waals surface area contributed by atoms with Gasteiger partial charge in [0.05, 0.1) is 5.25 Å². The van der Waals surface area contributed by atoms with Crippen molar-refractivity contribution in [1.82, 2.24) is 0 Å². The highest BCUT2D eigenvalue weighted by Crippen LogP contribution is 2.32. The third-order valence-electron chi connectivity index (χ3n) is 2.43. The number of halogens is 1. The van der Waals surface area contributed by atoms with E-state index in [1.165, 1.54) is 11.1 Å². The van der Waals surface area contributed by atoms with Crippen LogP contribution in [0.1, 0.15) is 25.0 Å². The predicted molar refractivity (Wildman–Crippen MR) is 71.3 cm³/mol. The van der Waals surface area contributed by atoms with Gasteiger partial charge in [0.15, 0.2) is 0 Å². The van der Waals surface area contributed by atoms with Crippen LogP contribution < -0.4 is 0 Å². The van der Waals surface area contributed by atoms with Gasteiger partial charge in [-0.25, -0.2) is 0 Å². The molecule has 0 aliphatic rings. The van der Waals surface area contributed by atoms with Gasteiger partial charge < -0.3 is 0 Å². The monoisotopic (exact) mass is 256 g/mol. The fraction of sp³-hybridized carbons (Fsp3) is 0.462. The van der Waals surface area contributed by atoms with Crippen molar-refractivity contribution in [2.45, 2.75) is 37.8 Å². The lowest BCUT2D eigenvalue weighted by molar-refractivity contribution is -0.111. The summed E-state index contributed by atoms with van der Waals surface area (Å²) in [6, 6.07) is 6.26. The normalized spacial score (nSPS) is 12.9. The molecule has 0 saturated heterocycles. The smallest absolute Gasteiger partial charge is 0.235 e. The minimum absolute atomic E-state index is 0.165. The molecule has 88 valence electrons. The highest BCUT2D eigenvalue weighted by Gasteiger charge is 2.22. The molecule has 1 aromatic rings. The summed E-state index contributed by atoms with van der Waals surface area (Å²) in [4.78, 5) is 12.5. The minimum Gasteiger partial charge on any atom is -0.280 e. The molecular weight excluding hydrogens is 240 g/mol. The molecule has 1 nitrogen and oxygen atoms in total. The van der Waals surface area contributed by atoms with Crippen LogP contribution in [0.2, 0.25) is 0 Å². The van der Waals surface area contributed by atoms with Crippen molar-refractivity contribution in [3.63, 3.8) is 0 Å². The van der Waals surface area contributed by atoms with Crippen molar-refractivity contribution in [1.29, 1.82) is 0 Å². The van der Waals surface area contributed by atoms with Crippen LogP contribution >= 0.6 is 23.4 Å². The quantitative estimate of drug-likeness (QED) is 0.594. The number of aryl methyl sites for hydroxylation is 2. The Labute approximate surface area is 107 Å². The number of carbonyl (C=O) groups is 1. The van der Waals surface area contributed by atoms with E-state index in [0.717, 1.165) is 4.90 Å². The number of benzene rings is 1. The van der Waals surface area contributed by atoms with E-state index in [1.54, 1.807) is 11.8 Å². The summed E-state index contributed by atoms with van der Waals surface area (Å²) in [5.74, 6) is 0.245. The number of hydrogen-bond donors (Lipinski definition) is 0. The van der Waals surface area contributed by atoms with Crippen LogP contribution in [0.25, 0.3) is 0 Å². The fourth-order valence-electron chi connectivity index (χ4n) is 1.42. The molecule has 1 atom stereocenters. The average molecular weight is 257 g/mol. The maximum absolute atomic E-state index is 11.3. The van der Waals surface area contributed by atoms with Crippen molar-refractivity contribution in [2.75, 3.05) is 0 Å². The van der Waals surface area contributed by atoms with Gasteiger partial charge in [-0.3, -0.25) is 4.79 Å². The number of carbonyl (C=O) groups excluding carboxylic acids is 1. The second-order valence-corrected chi connectivity index (χ2v) is 5.91. The number of thioether (sulfide) groups is 1. The van der Waals surface area contributed by atoms with Crippen molar-refractivity contribution < 1.29 is 4.79 Å². The molecule has 0 radical (unpaired) electrons. The molecule has 1 unspecified atom stereocenters. The van der Waals surface area contributed by atoms with Gasteiger partial charge in [0, 0.05) is 4.90 Å². The minimum atomic E-state index is -0.263. The Kier molecular flexibility index (Phi) is 4.88. The van der Waals surface area contributed by atoms with Gasteiger partial charge in [-0.2, -0.15) is 0 Å². The third-order valence-corrected chi connectivity index (χ3v) is 4.50. The Morgan fingerprint density at radius 3 is 2.44 bits per heavy atom. The van der Waals surface area contributed by atoms with Crippen molar-refractivity contribution in [3.05, 3.63) is 29.3 Å². The topological polar surface area (TPSA) is 17.1 Å². The molecule has 0 N–H and O–H groups in total. The Morgan fingerprint density at radius 2 is 1.94 bits per heavy atom. The van der Waals surface area contributed by atoms with Crippen LogP contribution in [0, 0.1) is 19.8 Å². The summed E-state index contributed by atoms with van der Waals surface area (Å²) in [5, 5.41) is -0.428. The summed E-state index contributed by atoms with van der Waals surface area (Å²) >= 11 is 7.19. The fourth-order valence-corrected chi connectivity index (χ4v) is 2.95. The molecule has 3 heteroatoms. The highest BCUT2D eigenvalue weighted by molar-refractivity contribution is 8.00. The Balaban J connectivity index is 2.93. The maximum atomic E-state index is 11.3. The van der Waals surface area contributed by atoms with Crippen molar-refractivity contribution >= 4 is 28.6 Å². The van der Waals surface area contributed by atoms with E-state index in [2.05, 4.69) is 32.0 Å². The lowest BCUT2D eigenvalue weighted by atomic mass is 10.1. The van der Waals surface area contributed by atoms with E-state index < -0.39 is 0 Å². The first-order chi connectivity index (χ1) is 7.41. The third kappa shape index (κ3) is 3.53. The van der Waals surface area contributed by atoms with Crippen LogP contribution in [0.15, 0.2) is 23.1 Å². The lowest BCUT2D eigenvalue weighted by Crippen LogP contribution is -2.18. The standard InChI is InChI=1S/C13H17ClOS/c1-8(2)12(13(14)15)16-11-7-9(3)5-6-10(11)4/h5-8,12H,1-4H3. The molecule has 0 aliphatic carbocycles. The van der Waals surface area contributed by atoms with Gasteiger partial charge in [0.25, 0.3) is 0 Å². The molecule has 0 amide bonds. The second-order valence-electron chi connectivity index (χ2n) is 4.36. The first kappa shape index (κ1) is 13.6. The zero-order valence-corrected chi connectivity index (χ0v) is 11.7. The van der Waals surface area contributed by atoms with E-state index in [1.807, 2.05) is 13.8 Å². The van der Waals surface area contributed by atoms with Gasteiger partial charge in [-0.1, -0.05) is 31.5 Å². The molecule has 0 heterocycles. The summed E-state index contributed by atoms with van der Waals surface area (Å²) in [5.41, 5.74) is 2.40. The summed E-state index contributed by atoms with van der Waals surface area (Å²) < 4.78 is 0. The molecule has 0 fully saturated rings. The van der Waals surface area contributed by atoms with E-state index in [-0.39, 0.29) is 16.4 Å². The van der Waals surface area contributed by atoms with Crippen LogP contribution in [0.3, 0.4) is 0 Å². The zero-order chi connectivity index (χ0) is 12.3. The lowest BCUT2D eigenvalue weighted by Gasteiger charge is -2.17. The van der Waals surface area contributed by atoms with Gasteiger partial charge in [-0.05, 0) is 43.0 Å². The Bertz CT molecular complexity index is 388. The molecule has 0 aliphatic heterocycles. The van der Waals surface area contributed by atoms with E-state index in [9.17, 15) is 4.79 Å². The average Bonchev–Trinajstić information content (AvgIpc) is 2.18. The molecule has 0 bridgehead atoms. The molecular formula is C13H17ClOS. The molecule has 0 spiro atoms. The summed E-state index contributed by atoms with van der Waals surface area (Å²) in [6.07, 6.45) is 0. The van der Waals surface area contributed by atoms with E-state index >= 15 is 0 Å². The zero-order valence-electron chi connectivity index (χ0n) is 10.1. The molecule has 16 heavy (non-hydrogen) atoms. The molecule has 0 aromatic heterocycles. The number of hydrogen-bond acceptors (Lipinski definition) is 2. The van der Waals surface area contributed by atoms with Crippen LogP contribution in [0.5, 0.6) is 0 Å². The van der Waals surface area contributed by atoms with E-state index in [4.69, 9.17) is 11.6 Å². The SMILES string of the molecule is Cc1ccc(C)c(SC(C(=O)Cl)C(C)C)c1. The van der Waals surface area contributed by atoms with Crippen LogP contribution in [0.4, 0.5) is 0 Å². The number of rotatable bonds is 4. The van der Waals surface area contributed by atoms with Crippen molar-refractivity contribution in [3.8, 4) is 0 Å². The van der Waals surface area contributed by atoms with Gasteiger partial charge in [0.2, 0.25) is 5.24 Å². The first-order valence-corrected chi connectivity index (χ1v) is 6.61. The Morgan fingerprint density at radius 1 is 1.31 bits per heavy atom. The summed E-state index contributed by atoms with van der Waals surface area (Å²) in [6.45, 7) is 8.14. The van der Waals surface area contributed by atoms with Crippen LogP contribution in [-0.2, 0) is 4.79 Å². The Hall–Kier alpha value is -0.470. The highest BCUT2D eigenvalue weighted by atomic mass is 35.5. The van der Waals surface area contributed by atoms with Crippen molar-refractivity contribution in [2.24, 2.45) is 5.92 Å². The molecule has 0 saturated carbocycles. The molecule has 1 rings (SSSR count). The summed E-state index contributed by atoms with van der Waals surface area (Å²) in [7, 11) is 0. The molecule has 1 aromatic carbocycles. The van der Waals surface area contributed by atoms with Crippen LogP contribution in [-0.4, -0.2) is 10.5 Å². The second kappa shape index (κ2) is 5.74. The maximum Gasteiger partial charge on any atom is 0.235 e. The van der Waals surface area contributed by atoms with Gasteiger partial charge in [0.1, 0.15) is 0 Å². The van der Waals surface area contributed by atoms with Gasteiger partial charge in [-0.15, -0.1) is 11.8 Å².